The number of halogens is 1. The Morgan fingerprint density at radius 3 is 2.57 bits per heavy atom. The zero-order valence-corrected chi connectivity index (χ0v) is 16.9. The van der Waals surface area contributed by atoms with Crippen LogP contribution in [0.1, 0.15) is 27.9 Å². The predicted octanol–water partition coefficient (Wildman–Crippen LogP) is 5.53. The zero-order chi connectivity index (χ0) is 19.7. The molecule has 0 aliphatic carbocycles. The molecule has 2 heterocycles. The van der Waals surface area contributed by atoms with Crippen LogP contribution in [0.4, 0.5) is 5.13 Å². The van der Waals surface area contributed by atoms with Gasteiger partial charge in [-0.25, -0.2) is 4.98 Å². The molecule has 4 rings (SSSR count). The molecule has 28 heavy (non-hydrogen) atoms. The molecule has 0 fully saturated rings. The summed E-state index contributed by atoms with van der Waals surface area (Å²) in [4.78, 5) is 18.0. The first-order valence-corrected chi connectivity index (χ1v) is 10.0. The molecule has 5 nitrogen and oxygen atoms in total. The van der Waals surface area contributed by atoms with E-state index in [2.05, 4.69) is 15.5 Å². The van der Waals surface area contributed by atoms with Gasteiger partial charge in [0.1, 0.15) is 5.01 Å². The number of benzene rings is 2. The van der Waals surface area contributed by atoms with Crippen molar-refractivity contribution >= 4 is 44.9 Å². The van der Waals surface area contributed by atoms with E-state index in [0.717, 1.165) is 39.2 Å². The van der Waals surface area contributed by atoms with Crippen LogP contribution in [0.25, 0.3) is 22.2 Å². The molecule has 0 saturated heterocycles. The number of aryl methyl sites for hydroxylation is 1. The lowest BCUT2D eigenvalue weighted by molar-refractivity contribution is 0.102. The number of pyridine rings is 1. The molecule has 1 N–H and O–H groups in total. The minimum absolute atomic E-state index is 0.217. The van der Waals surface area contributed by atoms with Gasteiger partial charge in [-0.2, -0.15) is 0 Å². The third kappa shape index (κ3) is 3.48. The van der Waals surface area contributed by atoms with Crippen LogP contribution in [-0.2, 0) is 6.42 Å². The number of hydrogen-bond acceptors (Lipinski definition) is 5. The third-order valence-electron chi connectivity index (χ3n) is 4.47. The van der Waals surface area contributed by atoms with E-state index in [4.69, 9.17) is 16.6 Å². The Hall–Kier alpha value is -2.83. The maximum Gasteiger partial charge on any atom is 0.258 e. The lowest BCUT2D eigenvalue weighted by Crippen LogP contribution is -2.15. The number of fused-ring (bicyclic) bond motifs is 1. The Bertz CT molecular complexity index is 1170. The van der Waals surface area contributed by atoms with Gasteiger partial charge in [0.25, 0.3) is 5.91 Å². The highest BCUT2D eigenvalue weighted by molar-refractivity contribution is 7.15. The summed E-state index contributed by atoms with van der Waals surface area (Å²) in [6.45, 7) is 3.92. The second-order valence-corrected chi connectivity index (χ2v) is 7.79. The minimum atomic E-state index is -0.217. The van der Waals surface area contributed by atoms with Crippen molar-refractivity contribution in [3.05, 3.63) is 69.7 Å². The van der Waals surface area contributed by atoms with Gasteiger partial charge in [0, 0.05) is 16.0 Å². The molecule has 1 amide bonds. The molecule has 0 aliphatic heterocycles. The van der Waals surface area contributed by atoms with E-state index >= 15 is 0 Å². The molecule has 2 aromatic heterocycles. The van der Waals surface area contributed by atoms with Gasteiger partial charge in [-0.1, -0.05) is 60.2 Å². The van der Waals surface area contributed by atoms with E-state index in [1.165, 1.54) is 11.3 Å². The molecule has 0 atom stereocenters. The molecule has 2 aromatic carbocycles. The number of amides is 1. The summed E-state index contributed by atoms with van der Waals surface area (Å²) in [6, 6.07) is 15.1. The molecule has 0 aliphatic rings. The van der Waals surface area contributed by atoms with Gasteiger partial charge in [-0.15, -0.1) is 10.2 Å². The second kappa shape index (κ2) is 7.66. The number of carbonyl (C=O) groups excluding carboxylic acids is 1. The summed E-state index contributed by atoms with van der Waals surface area (Å²) in [6.07, 6.45) is 0.783. The lowest BCUT2D eigenvalue weighted by atomic mass is 9.97. The van der Waals surface area contributed by atoms with Crippen LogP contribution in [-0.4, -0.2) is 21.1 Å². The molecule has 0 spiro atoms. The summed E-state index contributed by atoms with van der Waals surface area (Å²) < 4.78 is 0. The summed E-state index contributed by atoms with van der Waals surface area (Å²) >= 11 is 7.41. The summed E-state index contributed by atoms with van der Waals surface area (Å²) in [5.74, 6) is -0.217. The van der Waals surface area contributed by atoms with Crippen molar-refractivity contribution < 1.29 is 4.79 Å². The number of nitrogens with one attached hydrogen (secondary N) is 1. The SMILES string of the molecule is CCc1nnc(NC(=O)c2c(C)c(-c3ccc(Cl)cc3)nc3ccccc23)s1. The van der Waals surface area contributed by atoms with Crippen LogP contribution >= 0.6 is 22.9 Å². The largest absolute Gasteiger partial charge is 0.296 e. The van der Waals surface area contributed by atoms with Crippen LogP contribution in [0.2, 0.25) is 5.02 Å². The van der Waals surface area contributed by atoms with Gasteiger partial charge in [0.2, 0.25) is 5.13 Å². The lowest BCUT2D eigenvalue weighted by Gasteiger charge is -2.14. The average molecular weight is 409 g/mol. The highest BCUT2D eigenvalue weighted by Crippen LogP contribution is 2.31. The molecular formula is C21H17ClN4OS. The van der Waals surface area contributed by atoms with E-state index in [1.54, 1.807) is 0 Å². The summed E-state index contributed by atoms with van der Waals surface area (Å²) in [5.41, 5.74) is 3.81. The van der Waals surface area contributed by atoms with E-state index < -0.39 is 0 Å². The fourth-order valence-corrected chi connectivity index (χ4v) is 3.90. The average Bonchev–Trinajstić information content (AvgIpc) is 3.15. The topological polar surface area (TPSA) is 67.8 Å². The van der Waals surface area contributed by atoms with Crippen LogP contribution < -0.4 is 5.32 Å². The third-order valence-corrected chi connectivity index (χ3v) is 5.71. The van der Waals surface area contributed by atoms with Crippen molar-refractivity contribution in [1.82, 2.24) is 15.2 Å². The fourth-order valence-electron chi connectivity index (χ4n) is 3.10. The van der Waals surface area contributed by atoms with Crippen molar-refractivity contribution in [2.24, 2.45) is 0 Å². The van der Waals surface area contributed by atoms with Crippen molar-refractivity contribution in [2.45, 2.75) is 20.3 Å². The monoisotopic (exact) mass is 408 g/mol. The van der Waals surface area contributed by atoms with Crippen LogP contribution in [0.5, 0.6) is 0 Å². The number of nitrogens with zero attached hydrogens (tertiary/aromatic N) is 3. The predicted molar refractivity (Wildman–Crippen MR) is 114 cm³/mol. The summed E-state index contributed by atoms with van der Waals surface area (Å²) in [5, 5.41) is 13.9. The standard InChI is InChI=1S/C21H17ClN4OS/c1-3-17-25-26-21(28-17)24-20(27)18-12(2)19(13-8-10-14(22)11-9-13)23-16-7-5-4-6-15(16)18/h4-11H,3H2,1-2H3,(H,24,26,27). The molecule has 0 radical (unpaired) electrons. The van der Waals surface area contributed by atoms with Crippen LogP contribution in [0.15, 0.2) is 48.5 Å². The maximum absolute atomic E-state index is 13.2. The number of carbonyl (C=O) groups is 1. The van der Waals surface area contributed by atoms with E-state index in [1.807, 2.05) is 62.4 Å². The normalized spacial score (nSPS) is 11.0. The van der Waals surface area contributed by atoms with Crippen LogP contribution in [0.3, 0.4) is 0 Å². The Balaban J connectivity index is 1.84. The van der Waals surface area contributed by atoms with Gasteiger partial charge in [-0.3, -0.25) is 10.1 Å². The first-order chi connectivity index (χ1) is 13.6. The number of rotatable bonds is 4. The quantitative estimate of drug-likeness (QED) is 0.482. The zero-order valence-electron chi connectivity index (χ0n) is 15.4. The van der Waals surface area contributed by atoms with Crippen molar-refractivity contribution in [3.8, 4) is 11.3 Å². The Morgan fingerprint density at radius 2 is 1.86 bits per heavy atom. The number of para-hydroxylation sites is 1. The van der Waals surface area contributed by atoms with Crippen molar-refractivity contribution in [2.75, 3.05) is 5.32 Å². The van der Waals surface area contributed by atoms with Crippen molar-refractivity contribution in [3.63, 3.8) is 0 Å². The van der Waals surface area contributed by atoms with Gasteiger partial charge in [0.05, 0.1) is 16.8 Å². The molecule has 4 aromatic rings. The molecule has 0 bridgehead atoms. The van der Waals surface area contributed by atoms with Gasteiger partial charge in [0.15, 0.2) is 0 Å². The first-order valence-electron chi connectivity index (χ1n) is 8.86. The molecule has 140 valence electrons. The second-order valence-electron chi connectivity index (χ2n) is 6.29. The van der Waals surface area contributed by atoms with E-state index in [0.29, 0.717) is 15.7 Å². The summed E-state index contributed by atoms with van der Waals surface area (Å²) in [7, 11) is 0. The van der Waals surface area contributed by atoms with Gasteiger partial charge >= 0.3 is 0 Å². The number of aromatic nitrogens is 3. The molecule has 0 unspecified atom stereocenters. The molecule has 7 heteroatoms. The Labute approximate surface area is 171 Å². The fraction of sp³-hybridized carbons (Fsp3) is 0.143. The van der Waals surface area contributed by atoms with Gasteiger partial charge < -0.3 is 0 Å². The highest BCUT2D eigenvalue weighted by atomic mass is 35.5. The molecule has 0 saturated carbocycles. The smallest absolute Gasteiger partial charge is 0.258 e. The van der Waals surface area contributed by atoms with E-state index in [9.17, 15) is 4.79 Å². The maximum atomic E-state index is 13.2. The minimum Gasteiger partial charge on any atom is -0.296 e. The number of hydrogen-bond donors (Lipinski definition) is 1. The highest BCUT2D eigenvalue weighted by Gasteiger charge is 2.20. The number of anilines is 1. The van der Waals surface area contributed by atoms with E-state index in [-0.39, 0.29) is 5.91 Å². The van der Waals surface area contributed by atoms with Gasteiger partial charge in [-0.05, 0) is 37.1 Å². The molecular weight excluding hydrogens is 392 g/mol. The van der Waals surface area contributed by atoms with Crippen molar-refractivity contribution in [1.29, 1.82) is 0 Å². The van der Waals surface area contributed by atoms with Crippen LogP contribution in [0, 0.1) is 6.92 Å². The first kappa shape index (κ1) is 18.5. The Morgan fingerprint density at radius 1 is 1.11 bits per heavy atom. The Kier molecular flexibility index (Phi) is 5.07.